The summed E-state index contributed by atoms with van der Waals surface area (Å²) >= 11 is 0. The average molecular weight is 452 g/mol. The molecule has 5 aromatic rings. The number of para-hydroxylation sites is 1. The van der Waals surface area contributed by atoms with Gasteiger partial charge in [0.2, 0.25) is 0 Å². The number of nitrogens with zero attached hydrogens (tertiary/aromatic N) is 4. The van der Waals surface area contributed by atoms with Gasteiger partial charge in [0.1, 0.15) is 5.82 Å². The second kappa shape index (κ2) is 8.86. The Morgan fingerprint density at radius 2 is 1.82 bits per heavy atom. The minimum Gasteiger partial charge on any atom is -0.345 e. The molecule has 0 saturated heterocycles. The Hall–Kier alpha value is -4.39. The second-order valence-corrected chi connectivity index (χ2v) is 8.08. The summed E-state index contributed by atoms with van der Waals surface area (Å²) in [4.78, 5) is 22.3. The maximum atomic E-state index is 13.4. The number of hydrogen-bond donors (Lipinski definition) is 1. The highest BCUT2D eigenvalue weighted by Crippen LogP contribution is 2.26. The number of aromatic nitrogens is 4. The third kappa shape index (κ3) is 4.03. The standard InChI is InChI=1S/C27H22FN5O/c1-17(24-16-30-33(18(24)2)21-11-9-20(28)10-12-21)31-27(34)23-14-26(19-6-5-13-29-15-19)32-25-8-4-3-7-22(23)25/h3-17H,1-2H3,(H,31,34). The van der Waals surface area contributed by atoms with Crippen LogP contribution in [0.15, 0.2) is 85.3 Å². The normalized spacial score (nSPS) is 12.0. The number of hydrogen-bond acceptors (Lipinski definition) is 4. The van der Waals surface area contributed by atoms with Gasteiger partial charge in [-0.3, -0.25) is 9.78 Å². The number of nitrogens with one attached hydrogen (secondary N) is 1. The number of amides is 1. The molecule has 1 amide bonds. The molecule has 0 bridgehead atoms. The van der Waals surface area contributed by atoms with Gasteiger partial charge in [0.05, 0.1) is 34.7 Å². The quantitative estimate of drug-likeness (QED) is 0.387. The lowest BCUT2D eigenvalue weighted by molar-refractivity contribution is 0.0941. The number of carbonyl (C=O) groups is 1. The SMILES string of the molecule is Cc1c(C(C)NC(=O)c2cc(-c3cccnc3)nc3ccccc23)cnn1-c1ccc(F)cc1. The van der Waals surface area contributed by atoms with E-state index in [1.807, 2.05) is 50.2 Å². The van der Waals surface area contributed by atoms with Crippen molar-refractivity contribution in [2.24, 2.45) is 0 Å². The van der Waals surface area contributed by atoms with Crippen LogP contribution in [0.5, 0.6) is 0 Å². The Labute approximate surface area is 196 Å². The van der Waals surface area contributed by atoms with Crippen molar-refractivity contribution in [1.82, 2.24) is 25.1 Å². The summed E-state index contributed by atoms with van der Waals surface area (Å²) in [5.41, 5.74) is 5.31. The first-order valence-electron chi connectivity index (χ1n) is 10.9. The second-order valence-electron chi connectivity index (χ2n) is 8.08. The van der Waals surface area contributed by atoms with Crippen molar-refractivity contribution in [3.05, 3.63) is 108 Å². The molecule has 34 heavy (non-hydrogen) atoms. The van der Waals surface area contributed by atoms with Gasteiger partial charge in [-0.2, -0.15) is 5.10 Å². The summed E-state index contributed by atoms with van der Waals surface area (Å²) < 4.78 is 15.0. The summed E-state index contributed by atoms with van der Waals surface area (Å²) in [6.45, 7) is 3.85. The molecule has 0 aliphatic carbocycles. The minimum atomic E-state index is -0.301. The molecule has 1 atom stereocenters. The van der Waals surface area contributed by atoms with Crippen LogP contribution in [0.3, 0.4) is 0 Å². The van der Waals surface area contributed by atoms with Crippen LogP contribution in [-0.4, -0.2) is 25.7 Å². The van der Waals surface area contributed by atoms with Crippen LogP contribution in [0.2, 0.25) is 0 Å². The van der Waals surface area contributed by atoms with Gasteiger partial charge in [0.15, 0.2) is 0 Å². The van der Waals surface area contributed by atoms with Crippen LogP contribution >= 0.6 is 0 Å². The first-order chi connectivity index (χ1) is 16.5. The van der Waals surface area contributed by atoms with Crippen LogP contribution in [-0.2, 0) is 0 Å². The van der Waals surface area contributed by atoms with Crippen LogP contribution in [0.4, 0.5) is 4.39 Å². The summed E-state index contributed by atoms with van der Waals surface area (Å²) in [5.74, 6) is -0.505. The fourth-order valence-electron chi connectivity index (χ4n) is 4.07. The number of carbonyl (C=O) groups excluding carboxylic acids is 1. The van der Waals surface area contributed by atoms with Gasteiger partial charge in [0, 0.05) is 34.6 Å². The van der Waals surface area contributed by atoms with Gasteiger partial charge in [-0.05, 0) is 62.4 Å². The van der Waals surface area contributed by atoms with E-state index in [1.54, 1.807) is 41.5 Å². The first kappa shape index (κ1) is 21.5. The van der Waals surface area contributed by atoms with E-state index in [0.717, 1.165) is 33.4 Å². The molecule has 5 rings (SSSR count). The highest BCUT2D eigenvalue weighted by Gasteiger charge is 2.20. The predicted molar refractivity (Wildman–Crippen MR) is 129 cm³/mol. The summed E-state index contributed by atoms with van der Waals surface area (Å²) in [6.07, 6.45) is 5.16. The molecule has 168 valence electrons. The van der Waals surface area contributed by atoms with Crippen LogP contribution in [0, 0.1) is 12.7 Å². The number of benzene rings is 2. The van der Waals surface area contributed by atoms with Crippen LogP contribution in [0.1, 0.15) is 34.6 Å². The summed E-state index contributed by atoms with van der Waals surface area (Å²) in [5, 5.41) is 8.33. The van der Waals surface area contributed by atoms with Gasteiger partial charge in [0.25, 0.3) is 5.91 Å². The van der Waals surface area contributed by atoms with Gasteiger partial charge >= 0.3 is 0 Å². The van der Waals surface area contributed by atoms with Crippen LogP contribution in [0.25, 0.3) is 27.8 Å². The molecule has 0 radical (unpaired) electrons. The number of fused-ring (bicyclic) bond motifs is 1. The molecule has 3 aromatic heterocycles. The molecule has 0 fully saturated rings. The Morgan fingerprint density at radius 3 is 2.59 bits per heavy atom. The summed E-state index contributed by atoms with van der Waals surface area (Å²) in [7, 11) is 0. The molecular weight excluding hydrogens is 429 g/mol. The fourth-order valence-corrected chi connectivity index (χ4v) is 4.07. The predicted octanol–water partition coefficient (Wildman–Crippen LogP) is 5.42. The average Bonchev–Trinajstić information content (AvgIpc) is 3.25. The number of halogens is 1. The molecule has 0 aliphatic heterocycles. The summed E-state index contributed by atoms with van der Waals surface area (Å²) in [6, 6.07) is 19.0. The maximum absolute atomic E-state index is 13.4. The van der Waals surface area contributed by atoms with Gasteiger partial charge in [-0.25, -0.2) is 14.1 Å². The van der Waals surface area contributed by atoms with Crippen molar-refractivity contribution in [1.29, 1.82) is 0 Å². The zero-order chi connectivity index (χ0) is 23.7. The van der Waals surface area contributed by atoms with Crippen molar-refractivity contribution < 1.29 is 9.18 Å². The minimum absolute atomic E-state index is 0.204. The van der Waals surface area contributed by atoms with E-state index in [4.69, 9.17) is 4.98 Å². The lowest BCUT2D eigenvalue weighted by atomic mass is 10.0. The van der Waals surface area contributed by atoms with Gasteiger partial charge in [-0.1, -0.05) is 18.2 Å². The van der Waals surface area contributed by atoms with E-state index in [0.29, 0.717) is 11.3 Å². The monoisotopic (exact) mass is 451 g/mol. The zero-order valence-electron chi connectivity index (χ0n) is 18.7. The van der Waals surface area contributed by atoms with Crippen molar-refractivity contribution in [2.45, 2.75) is 19.9 Å². The first-order valence-corrected chi connectivity index (χ1v) is 10.9. The van der Waals surface area contributed by atoms with Crippen molar-refractivity contribution in [3.8, 4) is 16.9 Å². The lowest BCUT2D eigenvalue weighted by Crippen LogP contribution is -2.27. The van der Waals surface area contributed by atoms with Gasteiger partial charge < -0.3 is 5.32 Å². The molecular formula is C27H22FN5O. The molecule has 6 nitrogen and oxygen atoms in total. The molecule has 7 heteroatoms. The molecule has 0 saturated carbocycles. The Kier molecular flexibility index (Phi) is 5.59. The fraction of sp³-hybridized carbons (Fsp3) is 0.111. The van der Waals surface area contributed by atoms with E-state index in [9.17, 15) is 9.18 Å². The molecule has 2 aromatic carbocycles. The largest absolute Gasteiger partial charge is 0.345 e. The van der Waals surface area contributed by atoms with Crippen molar-refractivity contribution in [2.75, 3.05) is 0 Å². The topological polar surface area (TPSA) is 72.7 Å². The van der Waals surface area contributed by atoms with E-state index >= 15 is 0 Å². The highest BCUT2D eigenvalue weighted by molar-refractivity contribution is 6.07. The van der Waals surface area contributed by atoms with Crippen molar-refractivity contribution >= 4 is 16.8 Å². The van der Waals surface area contributed by atoms with Gasteiger partial charge in [-0.15, -0.1) is 0 Å². The third-order valence-electron chi connectivity index (χ3n) is 5.85. The van der Waals surface area contributed by atoms with Crippen LogP contribution < -0.4 is 5.32 Å². The van der Waals surface area contributed by atoms with E-state index in [-0.39, 0.29) is 17.8 Å². The Bertz CT molecular complexity index is 1480. The Balaban J connectivity index is 1.47. The third-order valence-corrected chi connectivity index (χ3v) is 5.85. The number of rotatable bonds is 5. The molecule has 0 aliphatic rings. The van der Waals surface area contributed by atoms with E-state index < -0.39 is 0 Å². The Morgan fingerprint density at radius 1 is 1.03 bits per heavy atom. The highest BCUT2D eigenvalue weighted by atomic mass is 19.1. The molecule has 0 spiro atoms. The smallest absolute Gasteiger partial charge is 0.252 e. The lowest BCUT2D eigenvalue weighted by Gasteiger charge is -2.16. The maximum Gasteiger partial charge on any atom is 0.252 e. The zero-order valence-corrected chi connectivity index (χ0v) is 18.7. The van der Waals surface area contributed by atoms with E-state index in [1.165, 1.54) is 12.1 Å². The molecule has 3 heterocycles. The molecule has 1 unspecified atom stereocenters. The van der Waals surface area contributed by atoms with E-state index in [2.05, 4.69) is 15.4 Å². The number of pyridine rings is 2. The van der Waals surface area contributed by atoms with Crippen molar-refractivity contribution in [3.63, 3.8) is 0 Å². The molecule has 1 N–H and O–H groups in total.